The van der Waals surface area contributed by atoms with Crippen LogP contribution in [0.15, 0.2) is 78.9 Å². The minimum Gasteiger partial charge on any atom is -0.465 e. The lowest BCUT2D eigenvalue weighted by Crippen LogP contribution is -2.19. The molecule has 5 rings (SSSR count). The lowest BCUT2D eigenvalue weighted by atomic mass is 10.1. The number of aryl methyl sites for hydroxylation is 1. The first-order valence-corrected chi connectivity index (χ1v) is 12.9. The summed E-state index contributed by atoms with van der Waals surface area (Å²) in [5.41, 5.74) is 5.59. The molecule has 0 aliphatic carbocycles. The number of hydrogen-bond donors (Lipinski definition) is 2. The van der Waals surface area contributed by atoms with Crippen molar-refractivity contribution in [1.82, 2.24) is 4.98 Å². The molecule has 0 saturated carbocycles. The molecule has 0 unspecified atom stereocenters. The molecule has 8 heteroatoms. The van der Waals surface area contributed by atoms with Gasteiger partial charge in [-0.1, -0.05) is 36.4 Å². The maximum atomic E-state index is 12.4. The summed E-state index contributed by atoms with van der Waals surface area (Å²) in [6.07, 6.45) is 0. The summed E-state index contributed by atoms with van der Waals surface area (Å²) in [5.74, 6) is -0.413. The summed E-state index contributed by atoms with van der Waals surface area (Å²) in [7, 11) is 1.37. The van der Waals surface area contributed by atoms with Gasteiger partial charge in [0.15, 0.2) is 5.11 Å². The van der Waals surface area contributed by atoms with E-state index in [9.17, 15) is 4.79 Å². The van der Waals surface area contributed by atoms with Crippen molar-refractivity contribution >= 4 is 66.9 Å². The highest BCUT2D eigenvalue weighted by atomic mass is 32.1. The molecule has 0 aliphatic rings. The Labute approximate surface area is 216 Å². The van der Waals surface area contributed by atoms with E-state index in [2.05, 4.69) is 35.8 Å². The van der Waals surface area contributed by atoms with Crippen LogP contribution in [0.3, 0.4) is 0 Å². The predicted molar refractivity (Wildman–Crippen MR) is 151 cm³/mol. The molecule has 5 nitrogen and oxygen atoms in total. The molecule has 174 valence electrons. The van der Waals surface area contributed by atoms with Crippen molar-refractivity contribution in [3.63, 3.8) is 0 Å². The Kier molecular flexibility index (Phi) is 6.59. The van der Waals surface area contributed by atoms with Gasteiger partial charge in [-0.2, -0.15) is 0 Å². The number of esters is 1. The van der Waals surface area contributed by atoms with Gasteiger partial charge >= 0.3 is 5.97 Å². The summed E-state index contributed by atoms with van der Waals surface area (Å²) < 4.78 is 6.15. The van der Waals surface area contributed by atoms with E-state index < -0.39 is 5.97 Å². The molecule has 2 aromatic heterocycles. The van der Waals surface area contributed by atoms with Crippen molar-refractivity contribution in [2.24, 2.45) is 0 Å². The van der Waals surface area contributed by atoms with Crippen LogP contribution in [0.1, 0.15) is 15.9 Å². The van der Waals surface area contributed by atoms with E-state index in [1.54, 1.807) is 11.3 Å². The molecule has 2 N–H and O–H groups in total. The Hall–Kier alpha value is -3.59. The molecule has 2 heterocycles. The zero-order chi connectivity index (χ0) is 24.4. The number of methoxy groups -OCH3 is 1. The summed E-state index contributed by atoms with van der Waals surface area (Å²) in [6.45, 7) is 2.09. The minimum absolute atomic E-state index is 0.389. The fourth-order valence-corrected chi connectivity index (χ4v) is 6.02. The molecule has 0 radical (unpaired) electrons. The third kappa shape index (κ3) is 5.09. The van der Waals surface area contributed by atoms with Crippen LogP contribution >= 0.6 is 34.9 Å². The van der Waals surface area contributed by atoms with Crippen molar-refractivity contribution in [2.45, 2.75) is 6.92 Å². The van der Waals surface area contributed by atoms with Crippen LogP contribution in [0.25, 0.3) is 31.2 Å². The number of thiophene rings is 1. The lowest BCUT2D eigenvalue weighted by Gasteiger charge is -2.10. The average molecular weight is 516 g/mol. The molecule has 0 spiro atoms. The highest BCUT2D eigenvalue weighted by Crippen LogP contribution is 2.36. The Bertz CT molecular complexity index is 1520. The number of anilines is 2. The summed E-state index contributed by atoms with van der Waals surface area (Å²) in [4.78, 5) is 18.1. The van der Waals surface area contributed by atoms with Gasteiger partial charge in [-0.15, -0.1) is 22.7 Å². The van der Waals surface area contributed by atoms with E-state index in [4.69, 9.17) is 21.9 Å². The number of hydrogen-bond acceptors (Lipinski definition) is 6. The van der Waals surface area contributed by atoms with Gasteiger partial charge < -0.3 is 15.4 Å². The Morgan fingerprint density at radius 1 is 0.914 bits per heavy atom. The highest BCUT2D eigenvalue weighted by Gasteiger charge is 2.18. The van der Waals surface area contributed by atoms with Crippen molar-refractivity contribution in [2.75, 3.05) is 17.7 Å². The van der Waals surface area contributed by atoms with Gasteiger partial charge in [0.1, 0.15) is 10.0 Å². The first kappa shape index (κ1) is 23.2. The van der Waals surface area contributed by atoms with Crippen molar-refractivity contribution in [3.8, 4) is 21.0 Å². The number of thiocarbonyl (C=S) groups is 1. The number of rotatable bonds is 5. The Morgan fingerprint density at radius 3 is 2.43 bits per heavy atom. The van der Waals surface area contributed by atoms with Gasteiger partial charge in [0.2, 0.25) is 0 Å². The monoisotopic (exact) mass is 515 g/mol. The van der Waals surface area contributed by atoms with E-state index in [-0.39, 0.29) is 0 Å². The maximum Gasteiger partial charge on any atom is 0.340 e. The van der Waals surface area contributed by atoms with Crippen molar-refractivity contribution in [1.29, 1.82) is 0 Å². The van der Waals surface area contributed by atoms with Crippen LogP contribution < -0.4 is 10.6 Å². The standard InChI is InChI=1S/C27H21N3O2S3/c1-16-8-13-21-23(14-16)35-24(29-21)18-9-11-19(12-10-18)28-27(33)30-25-20(26(31)32-2)15-22(34-25)17-6-4-3-5-7-17/h3-15H,1-2H3,(H2,28,30,33). The molecular weight excluding hydrogens is 495 g/mol. The molecular formula is C27H21N3O2S3. The van der Waals surface area contributed by atoms with Crippen LogP contribution in [0.2, 0.25) is 0 Å². The number of carbonyl (C=O) groups is 1. The predicted octanol–water partition coefficient (Wildman–Crippen LogP) is 7.60. The lowest BCUT2D eigenvalue weighted by molar-refractivity contribution is 0.0602. The number of nitrogens with one attached hydrogen (secondary N) is 2. The second kappa shape index (κ2) is 9.95. The zero-order valence-electron chi connectivity index (χ0n) is 19.0. The number of carbonyl (C=O) groups excluding carboxylic acids is 1. The van der Waals surface area contributed by atoms with Crippen molar-refractivity contribution < 1.29 is 9.53 Å². The number of fused-ring (bicyclic) bond motifs is 1. The summed E-state index contributed by atoms with van der Waals surface area (Å²) >= 11 is 8.66. The number of benzene rings is 3. The SMILES string of the molecule is COC(=O)c1cc(-c2ccccc2)sc1NC(=S)Nc1ccc(-c2nc3ccc(C)cc3s2)cc1. The molecule has 0 bridgehead atoms. The summed E-state index contributed by atoms with van der Waals surface area (Å²) in [5, 5.41) is 8.36. The third-order valence-corrected chi connectivity index (χ3v) is 7.73. The number of aromatic nitrogens is 1. The van der Waals surface area contributed by atoms with E-state index >= 15 is 0 Å². The minimum atomic E-state index is -0.413. The van der Waals surface area contributed by atoms with Gasteiger partial charge in [0.05, 0.1) is 22.9 Å². The van der Waals surface area contributed by atoms with Gasteiger partial charge in [-0.25, -0.2) is 9.78 Å². The highest BCUT2D eigenvalue weighted by molar-refractivity contribution is 7.80. The second-order valence-corrected chi connectivity index (χ2v) is 10.3. The van der Waals surface area contributed by atoms with E-state index in [1.165, 1.54) is 28.7 Å². The van der Waals surface area contributed by atoms with Crippen LogP contribution in [0.4, 0.5) is 10.7 Å². The number of nitrogens with zero attached hydrogens (tertiary/aromatic N) is 1. The molecule has 0 atom stereocenters. The number of thiazole rings is 1. The zero-order valence-corrected chi connectivity index (χ0v) is 21.4. The quantitative estimate of drug-likeness (QED) is 0.186. The van der Waals surface area contributed by atoms with Crippen LogP contribution in [0.5, 0.6) is 0 Å². The fourth-order valence-electron chi connectivity index (χ4n) is 3.61. The van der Waals surface area contributed by atoms with Crippen LogP contribution in [-0.2, 0) is 4.74 Å². The fraction of sp³-hybridized carbons (Fsp3) is 0.0741. The molecule has 0 amide bonds. The Balaban J connectivity index is 1.32. The molecule has 35 heavy (non-hydrogen) atoms. The van der Waals surface area contributed by atoms with Gasteiger partial charge in [0.25, 0.3) is 0 Å². The van der Waals surface area contributed by atoms with E-state index in [0.717, 1.165) is 32.2 Å². The van der Waals surface area contributed by atoms with Gasteiger partial charge in [-0.3, -0.25) is 0 Å². The second-order valence-electron chi connectivity index (χ2n) is 7.86. The maximum absolute atomic E-state index is 12.4. The number of ether oxygens (including phenoxy) is 1. The molecule has 5 aromatic rings. The average Bonchev–Trinajstić information content (AvgIpc) is 3.48. The van der Waals surface area contributed by atoms with E-state index in [1.807, 2.05) is 60.7 Å². The molecule has 0 aliphatic heterocycles. The molecule has 0 fully saturated rings. The van der Waals surface area contributed by atoms with Gasteiger partial charge in [0, 0.05) is 16.1 Å². The third-order valence-electron chi connectivity index (χ3n) is 5.36. The summed E-state index contributed by atoms with van der Waals surface area (Å²) in [6, 6.07) is 26.0. The topological polar surface area (TPSA) is 63.2 Å². The van der Waals surface area contributed by atoms with Crippen molar-refractivity contribution in [3.05, 3.63) is 90.0 Å². The normalized spacial score (nSPS) is 10.8. The molecule has 0 saturated heterocycles. The van der Waals surface area contributed by atoms with Crippen LogP contribution in [0, 0.1) is 6.92 Å². The Morgan fingerprint density at radius 2 is 1.69 bits per heavy atom. The first-order valence-electron chi connectivity index (χ1n) is 10.8. The first-order chi connectivity index (χ1) is 17.0. The largest absolute Gasteiger partial charge is 0.465 e. The van der Waals surface area contributed by atoms with Crippen LogP contribution in [-0.4, -0.2) is 23.2 Å². The molecule has 3 aromatic carbocycles. The van der Waals surface area contributed by atoms with E-state index in [0.29, 0.717) is 15.7 Å². The smallest absolute Gasteiger partial charge is 0.340 e. The van der Waals surface area contributed by atoms with Gasteiger partial charge in [-0.05, 0) is 72.7 Å².